The molecule has 18 heavy (non-hydrogen) atoms. The lowest BCUT2D eigenvalue weighted by Crippen LogP contribution is -2.35. The predicted molar refractivity (Wildman–Crippen MR) is 66.4 cm³/mol. The van der Waals surface area contributed by atoms with Gasteiger partial charge in [-0.15, -0.1) is 0 Å². The molecule has 2 rings (SSSR count). The zero-order valence-electron chi connectivity index (χ0n) is 10.4. The third kappa shape index (κ3) is 3.03. The van der Waals surface area contributed by atoms with E-state index in [1.807, 2.05) is 6.92 Å². The summed E-state index contributed by atoms with van der Waals surface area (Å²) in [6.45, 7) is 2.23. The summed E-state index contributed by atoms with van der Waals surface area (Å²) in [4.78, 5) is 13.8. The van der Waals surface area contributed by atoms with Gasteiger partial charge < -0.3 is 14.5 Å². The highest BCUT2D eigenvalue weighted by Gasteiger charge is 2.31. The van der Waals surface area contributed by atoms with E-state index in [1.54, 1.807) is 4.90 Å². The minimum absolute atomic E-state index is 0.00922. The van der Waals surface area contributed by atoms with Crippen molar-refractivity contribution in [2.24, 2.45) is 0 Å². The van der Waals surface area contributed by atoms with E-state index in [1.165, 1.54) is 0 Å². The molecular weight excluding hydrogens is 256 g/mol. The number of halogens is 1. The van der Waals surface area contributed by atoms with Gasteiger partial charge in [0.15, 0.2) is 0 Å². The Morgan fingerprint density at radius 2 is 2.33 bits per heavy atom. The molecule has 1 saturated carbocycles. The molecule has 0 aromatic carbocycles. The molecule has 0 aliphatic heterocycles. The number of aliphatic hydroxyl groups excluding tert-OH is 1. The van der Waals surface area contributed by atoms with Gasteiger partial charge in [0.1, 0.15) is 0 Å². The molecule has 0 bridgehead atoms. The first kappa shape index (κ1) is 13.4. The summed E-state index contributed by atoms with van der Waals surface area (Å²) >= 11 is 5.85. The molecule has 1 N–H and O–H groups in total. The van der Waals surface area contributed by atoms with Crippen molar-refractivity contribution in [3.8, 4) is 0 Å². The van der Waals surface area contributed by atoms with Gasteiger partial charge in [-0.05, 0) is 37.8 Å². The summed E-state index contributed by atoms with van der Waals surface area (Å²) < 4.78 is 4.85. The van der Waals surface area contributed by atoms with Gasteiger partial charge in [0.25, 0.3) is 0 Å². The van der Waals surface area contributed by atoms with Crippen LogP contribution in [0.25, 0.3) is 0 Å². The second-order valence-electron chi connectivity index (χ2n) is 4.56. The molecule has 0 saturated heterocycles. The topological polar surface area (TPSA) is 66.6 Å². The Morgan fingerprint density at radius 1 is 1.61 bits per heavy atom. The van der Waals surface area contributed by atoms with Crippen molar-refractivity contribution in [3.63, 3.8) is 0 Å². The second kappa shape index (κ2) is 5.71. The van der Waals surface area contributed by atoms with Crippen LogP contribution < -0.4 is 0 Å². The lowest BCUT2D eigenvalue weighted by molar-refractivity contribution is -0.132. The van der Waals surface area contributed by atoms with E-state index in [2.05, 4.69) is 5.16 Å². The quantitative estimate of drug-likeness (QED) is 0.853. The average molecular weight is 273 g/mol. The van der Waals surface area contributed by atoms with E-state index in [-0.39, 0.29) is 17.7 Å². The van der Waals surface area contributed by atoms with Crippen LogP contribution >= 0.6 is 11.6 Å². The lowest BCUT2D eigenvalue weighted by atomic mass is 10.1. The van der Waals surface area contributed by atoms with Crippen LogP contribution in [0.15, 0.2) is 4.52 Å². The maximum Gasteiger partial charge on any atom is 0.229 e. The van der Waals surface area contributed by atoms with Crippen LogP contribution in [0.2, 0.25) is 5.22 Å². The summed E-state index contributed by atoms with van der Waals surface area (Å²) in [7, 11) is 0. The Bertz CT molecular complexity index is 409. The Morgan fingerprint density at radius 3 is 2.83 bits per heavy atom. The van der Waals surface area contributed by atoms with Crippen LogP contribution in [-0.2, 0) is 11.2 Å². The molecule has 0 atom stereocenters. The molecule has 1 amide bonds. The van der Waals surface area contributed by atoms with Gasteiger partial charge in [-0.1, -0.05) is 5.16 Å². The number of aromatic nitrogens is 1. The summed E-state index contributed by atoms with van der Waals surface area (Å²) in [5.74, 6) is 0.0585. The Hall–Kier alpha value is -1.07. The summed E-state index contributed by atoms with van der Waals surface area (Å²) in [5, 5.41) is 13.0. The number of aryl methyl sites for hydroxylation is 1. The number of hydrogen-bond acceptors (Lipinski definition) is 4. The van der Waals surface area contributed by atoms with Crippen LogP contribution in [-0.4, -0.2) is 40.3 Å². The molecule has 1 aromatic rings. The van der Waals surface area contributed by atoms with Gasteiger partial charge in [0.05, 0.1) is 12.3 Å². The third-order valence-electron chi connectivity index (χ3n) is 3.17. The predicted octanol–water partition coefficient (Wildman–Crippen LogP) is 1.55. The Kier molecular flexibility index (Phi) is 4.24. The Labute approximate surface area is 111 Å². The highest BCUT2D eigenvalue weighted by molar-refractivity contribution is 6.29. The van der Waals surface area contributed by atoms with Crippen molar-refractivity contribution in [1.29, 1.82) is 0 Å². The second-order valence-corrected chi connectivity index (χ2v) is 4.91. The minimum atomic E-state index is 0.00922. The molecule has 1 fully saturated rings. The summed E-state index contributed by atoms with van der Waals surface area (Å²) in [5.41, 5.74) is 1.53. The Balaban J connectivity index is 1.90. The first-order valence-corrected chi connectivity index (χ1v) is 6.52. The SMILES string of the molecule is Cc1noc(Cl)c1CCC(=O)N(CCO)C1CC1. The number of nitrogens with zero attached hydrogens (tertiary/aromatic N) is 2. The molecular formula is C12H17ClN2O3. The van der Waals surface area contributed by atoms with Crippen LogP contribution in [0.4, 0.5) is 0 Å². The van der Waals surface area contributed by atoms with Crippen LogP contribution in [0.5, 0.6) is 0 Å². The first-order chi connectivity index (χ1) is 8.63. The molecule has 0 radical (unpaired) electrons. The number of amides is 1. The largest absolute Gasteiger partial charge is 0.395 e. The van der Waals surface area contributed by atoms with Crippen molar-refractivity contribution < 1.29 is 14.4 Å². The van der Waals surface area contributed by atoms with E-state index in [4.69, 9.17) is 21.2 Å². The van der Waals surface area contributed by atoms with E-state index < -0.39 is 0 Å². The first-order valence-electron chi connectivity index (χ1n) is 6.14. The van der Waals surface area contributed by atoms with E-state index in [9.17, 15) is 4.79 Å². The van der Waals surface area contributed by atoms with E-state index in [0.717, 1.165) is 24.1 Å². The van der Waals surface area contributed by atoms with Gasteiger partial charge in [-0.25, -0.2) is 0 Å². The molecule has 1 aromatic heterocycles. The summed E-state index contributed by atoms with van der Waals surface area (Å²) in [6.07, 6.45) is 2.98. The van der Waals surface area contributed by atoms with Crippen LogP contribution in [0, 0.1) is 6.92 Å². The number of aliphatic hydroxyl groups is 1. The number of hydrogen-bond donors (Lipinski definition) is 1. The van der Waals surface area contributed by atoms with E-state index >= 15 is 0 Å². The van der Waals surface area contributed by atoms with Crippen molar-refractivity contribution in [1.82, 2.24) is 10.1 Å². The van der Waals surface area contributed by atoms with Gasteiger partial charge >= 0.3 is 0 Å². The fourth-order valence-electron chi connectivity index (χ4n) is 2.02. The van der Waals surface area contributed by atoms with Gasteiger partial charge in [0, 0.05) is 24.6 Å². The molecule has 1 heterocycles. The van der Waals surface area contributed by atoms with Gasteiger partial charge in [0.2, 0.25) is 11.1 Å². The smallest absolute Gasteiger partial charge is 0.229 e. The maximum atomic E-state index is 12.1. The third-order valence-corrected chi connectivity index (χ3v) is 3.47. The molecule has 6 heteroatoms. The van der Waals surface area contributed by atoms with Crippen molar-refractivity contribution in [2.75, 3.05) is 13.2 Å². The van der Waals surface area contributed by atoms with Gasteiger partial charge in [-0.3, -0.25) is 4.79 Å². The van der Waals surface area contributed by atoms with Crippen molar-refractivity contribution in [3.05, 3.63) is 16.5 Å². The highest BCUT2D eigenvalue weighted by atomic mass is 35.5. The lowest BCUT2D eigenvalue weighted by Gasteiger charge is -2.21. The number of rotatable bonds is 6. The molecule has 1 aliphatic carbocycles. The monoisotopic (exact) mass is 272 g/mol. The minimum Gasteiger partial charge on any atom is -0.395 e. The van der Waals surface area contributed by atoms with E-state index in [0.29, 0.717) is 25.4 Å². The molecule has 5 nitrogen and oxygen atoms in total. The number of carbonyl (C=O) groups is 1. The highest BCUT2D eigenvalue weighted by Crippen LogP contribution is 2.28. The maximum absolute atomic E-state index is 12.1. The van der Waals surface area contributed by atoms with Crippen LogP contribution in [0.3, 0.4) is 0 Å². The van der Waals surface area contributed by atoms with Crippen molar-refractivity contribution >= 4 is 17.5 Å². The average Bonchev–Trinajstić information content (AvgIpc) is 3.12. The zero-order chi connectivity index (χ0) is 13.1. The fourth-order valence-corrected chi connectivity index (χ4v) is 2.29. The normalized spacial score (nSPS) is 14.8. The van der Waals surface area contributed by atoms with Crippen molar-refractivity contribution in [2.45, 2.75) is 38.6 Å². The fraction of sp³-hybridized carbons (Fsp3) is 0.667. The number of carbonyl (C=O) groups excluding carboxylic acids is 1. The standard InChI is InChI=1S/C12H17ClN2O3/c1-8-10(12(13)18-14-8)4-5-11(17)15(6-7-16)9-2-3-9/h9,16H,2-7H2,1H3. The molecule has 100 valence electrons. The van der Waals surface area contributed by atoms with Gasteiger partial charge in [-0.2, -0.15) is 0 Å². The molecule has 0 unspecified atom stereocenters. The summed E-state index contributed by atoms with van der Waals surface area (Å²) in [6, 6.07) is 0.323. The van der Waals surface area contributed by atoms with Crippen LogP contribution in [0.1, 0.15) is 30.5 Å². The molecule has 0 spiro atoms. The zero-order valence-corrected chi connectivity index (χ0v) is 11.1. The molecule has 1 aliphatic rings.